The van der Waals surface area contributed by atoms with Gasteiger partial charge in [0.1, 0.15) is 6.10 Å². The molecule has 2 N–H and O–H groups in total. The van der Waals surface area contributed by atoms with Gasteiger partial charge in [-0.25, -0.2) is 0 Å². The Kier molecular flexibility index (Phi) is 3.73. The van der Waals surface area contributed by atoms with Crippen molar-refractivity contribution < 1.29 is 14.3 Å². The second kappa shape index (κ2) is 4.94. The topological polar surface area (TPSA) is 61.5 Å². The Bertz CT molecular complexity index is 278. The lowest BCUT2D eigenvalue weighted by Crippen LogP contribution is -2.49. The van der Waals surface area contributed by atoms with Crippen LogP contribution in [-0.2, 0) is 14.3 Å². The summed E-state index contributed by atoms with van der Waals surface area (Å²) in [6.45, 7) is 4.04. The second-order valence-electron chi connectivity index (χ2n) is 5.73. The average molecular weight is 241 g/mol. The summed E-state index contributed by atoms with van der Waals surface area (Å²) < 4.78 is 11.1. The van der Waals surface area contributed by atoms with Gasteiger partial charge < -0.3 is 15.2 Å². The molecular weight excluding hydrogens is 218 g/mol. The van der Waals surface area contributed by atoms with Crippen molar-refractivity contribution in [3.8, 4) is 0 Å². The van der Waals surface area contributed by atoms with Crippen molar-refractivity contribution in [3.63, 3.8) is 0 Å². The third-order valence-corrected chi connectivity index (χ3v) is 3.80. The van der Waals surface area contributed by atoms with E-state index in [0.717, 1.165) is 32.1 Å². The van der Waals surface area contributed by atoms with Crippen LogP contribution in [0.1, 0.15) is 52.4 Å². The number of nitrogens with two attached hydrogens (primary N) is 1. The molecular formula is C13H23NO3. The number of esters is 1. The monoisotopic (exact) mass is 241 g/mol. The van der Waals surface area contributed by atoms with Crippen molar-refractivity contribution in [1.29, 1.82) is 0 Å². The molecule has 1 saturated heterocycles. The molecule has 2 unspecified atom stereocenters. The highest BCUT2D eigenvalue weighted by atomic mass is 16.6. The maximum atomic E-state index is 11.8. The minimum atomic E-state index is -0.278. The highest BCUT2D eigenvalue weighted by Gasteiger charge is 2.36. The summed E-state index contributed by atoms with van der Waals surface area (Å²) >= 11 is 0. The fourth-order valence-electron chi connectivity index (χ4n) is 2.76. The molecule has 1 aliphatic heterocycles. The lowest BCUT2D eigenvalue weighted by molar-refractivity contribution is -0.161. The molecule has 0 aromatic carbocycles. The van der Waals surface area contributed by atoms with Gasteiger partial charge in [0.2, 0.25) is 0 Å². The van der Waals surface area contributed by atoms with Crippen molar-refractivity contribution >= 4 is 5.97 Å². The van der Waals surface area contributed by atoms with Crippen LogP contribution >= 0.6 is 0 Å². The Labute approximate surface area is 103 Å². The molecule has 0 amide bonds. The van der Waals surface area contributed by atoms with Gasteiger partial charge in [0.15, 0.2) is 0 Å². The van der Waals surface area contributed by atoms with E-state index in [1.807, 2.05) is 13.8 Å². The Balaban J connectivity index is 1.77. The summed E-state index contributed by atoms with van der Waals surface area (Å²) in [5, 5.41) is 0. The van der Waals surface area contributed by atoms with E-state index in [1.54, 1.807) is 0 Å². The van der Waals surface area contributed by atoms with Crippen molar-refractivity contribution in [3.05, 3.63) is 0 Å². The van der Waals surface area contributed by atoms with Gasteiger partial charge in [-0.3, -0.25) is 4.79 Å². The van der Waals surface area contributed by atoms with E-state index >= 15 is 0 Å². The molecule has 98 valence electrons. The molecule has 2 atom stereocenters. The molecule has 17 heavy (non-hydrogen) atoms. The van der Waals surface area contributed by atoms with Gasteiger partial charge in [-0.1, -0.05) is 0 Å². The summed E-state index contributed by atoms with van der Waals surface area (Å²) in [4.78, 5) is 11.8. The van der Waals surface area contributed by atoms with Crippen molar-refractivity contribution in [1.82, 2.24) is 0 Å². The number of carbonyl (C=O) groups is 1. The highest BCUT2D eigenvalue weighted by Crippen LogP contribution is 2.33. The normalized spacial score (nSPS) is 36.1. The van der Waals surface area contributed by atoms with Crippen LogP contribution in [0.25, 0.3) is 0 Å². The summed E-state index contributed by atoms with van der Waals surface area (Å²) in [6.07, 6.45) is 5.35. The van der Waals surface area contributed by atoms with Gasteiger partial charge in [-0.2, -0.15) is 0 Å². The van der Waals surface area contributed by atoms with Crippen LogP contribution in [0.4, 0.5) is 0 Å². The first-order valence-electron chi connectivity index (χ1n) is 6.61. The van der Waals surface area contributed by atoms with Crippen molar-refractivity contribution in [2.45, 2.75) is 76.2 Å². The van der Waals surface area contributed by atoms with Gasteiger partial charge in [0, 0.05) is 18.4 Å². The van der Waals surface area contributed by atoms with E-state index in [4.69, 9.17) is 15.2 Å². The predicted octanol–water partition coefficient (Wildman–Crippen LogP) is 1.76. The summed E-state index contributed by atoms with van der Waals surface area (Å²) in [6, 6.07) is 0. The van der Waals surface area contributed by atoms with E-state index in [2.05, 4.69) is 0 Å². The molecule has 0 aromatic rings. The SMILES string of the molecule is CC1CC(OC(=O)CC2(N)CCC2)CC(C)O1. The molecule has 1 saturated carbocycles. The fourth-order valence-corrected chi connectivity index (χ4v) is 2.76. The number of hydrogen-bond donors (Lipinski definition) is 1. The third-order valence-electron chi connectivity index (χ3n) is 3.80. The molecule has 1 heterocycles. The predicted molar refractivity (Wildman–Crippen MR) is 64.5 cm³/mol. The lowest BCUT2D eigenvalue weighted by atomic mass is 9.75. The van der Waals surface area contributed by atoms with Gasteiger partial charge in [0.05, 0.1) is 18.6 Å². The standard InChI is InChI=1S/C13H23NO3/c1-9-6-11(7-10(2)16-9)17-12(15)8-13(14)4-3-5-13/h9-11H,3-8,14H2,1-2H3. The zero-order valence-corrected chi connectivity index (χ0v) is 10.8. The van der Waals surface area contributed by atoms with Gasteiger partial charge in [0.25, 0.3) is 0 Å². The maximum Gasteiger partial charge on any atom is 0.307 e. The van der Waals surface area contributed by atoms with Gasteiger partial charge in [-0.15, -0.1) is 0 Å². The van der Waals surface area contributed by atoms with Crippen LogP contribution < -0.4 is 5.73 Å². The Morgan fingerprint density at radius 1 is 1.35 bits per heavy atom. The Morgan fingerprint density at radius 3 is 2.41 bits per heavy atom. The molecule has 0 bridgehead atoms. The van der Waals surface area contributed by atoms with E-state index in [-0.39, 0.29) is 29.8 Å². The minimum Gasteiger partial charge on any atom is -0.462 e. The largest absolute Gasteiger partial charge is 0.462 e. The number of hydrogen-bond acceptors (Lipinski definition) is 4. The van der Waals surface area contributed by atoms with Crippen LogP contribution in [0.5, 0.6) is 0 Å². The van der Waals surface area contributed by atoms with Crippen LogP contribution in [0.3, 0.4) is 0 Å². The number of ether oxygens (including phenoxy) is 2. The Morgan fingerprint density at radius 2 is 1.94 bits per heavy atom. The summed E-state index contributed by atoms with van der Waals surface area (Å²) in [7, 11) is 0. The number of rotatable bonds is 3. The molecule has 0 radical (unpaired) electrons. The summed E-state index contributed by atoms with van der Waals surface area (Å²) in [5.41, 5.74) is 5.76. The molecule has 2 fully saturated rings. The molecule has 2 aliphatic rings. The molecule has 4 nitrogen and oxygen atoms in total. The van der Waals surface area contributed by atoms with Crippen molar-refractivity contribution in [2.24, 2.45) is 5.73 Å². The molecule has 0 aromatic heterocycles. The zero-order valence-electron chi connectivity index (χ0n) is 10.8. The highest BCUT2D eigenvalue weighted by molar-refractivity contribution is 5.71. The second-order valence-corrected chi connectivity index (χ2v) is 5.73. The van der Waals surface area contributed by atoms with E-state index < -0.39 is 0 Å². The molecule has 0 spiro atoms. The Hall–Kier alpha value is -0.610. The zero-order chi connectivity index (χ0) is 12.5. The van der Waals surface area contributed by atoms with Crippen LogP contribution in [-0.4, -0.2) is 29.8 Å². The van der Waals surface area contributed by atoms with Crippen LogP contribution in [0.15, 0.2) is 0 Å². The van der Waals surface area contributed by atoms with E-state index in [0.29, 0.717) is 6.42 Å². The maximum absolute atomic E-state index is 11.8. The van der Waals surface area contributed by atoms with Crippen molar-refractivity contribution in [2.75, 3.05) is 0 Å². The lowest BCUT2D eigenvalue weighted by Gasteiger charge is -2.38. The summed E-state index contributed by atoms with van der Waals surface area (Å²) in [5.74, 6) is -0.140. The quantitative estimate of drug-likeness (QED) is 0.765. The number of carbonyl (C=O) groups excluding carboxylic acids is 1. The first kappa shape index (κ1) is 12.8. The minimum absolute atomic E-state index is 0.00456. The van der Waals surface area contributed by atoms with E-state index in [9.17, 15) is 4.79 Å². The van der Waals surface area contributed by atoms with Crippen LogP contribution in [0.2, 0.25) is 0 Å². The fraction of sp³-hybridized carbons (Fsp3) is 0.923. The average Bonchev–Trinajstić information content (AvgIpc) is 2.12. The first-order chi connectivity index (χ1) is 7.97. The first-order valence-corrected chi connectivity index (χ1v) is 6.61. The van der Waals surface area contributed by atoms with E-state index in [1.165, 1.54) is 0 Å². The van der Waals surface area contributed by atoms with Crippen LogP contribution in [0, 0.1) is 0 Å². The molecule has 4 heteroatoms. The third kappa shape index (κ3) is 3.42. The smallest absolute Gasteiger partial charge is 0.307 e. The van der Waals surface area contributed by atoms with Gasteiger partial charge >= 0.3 is 5.97 Å². The molecule has 1 aliphatic carbocycles. The van der Waals surface area contributed by atoms with Gasteiger partial charge in [-0.05, 0) is 33.1 Å². The molecule has 2 rings (SSSR count).